The van der Waals surface area contributed by atoms with E-state index in [1.807, 2.05) is 0 Å². The van der Waals surface area contributed by atoms with E-state index in [0.29, 0.717) is 12.8 Å². The van der Waals surface area contributed by atoms with E-state index < -0.39 is 222 Å². The lowest BCUT2D eigenvalue weighted by atomic mass is 9.93. The normalized spacial score (nSPS) is 36.1. The van der Waals surface area contributed by atoms with Gasteiger partial charge in [0.15, 0.2) is 31.5 Å². The van der Waals surface area contributed by atoms with Gasteiger partial charge in [-0.2, -0.15) is 0 Å². The van der Waals surface area contributed by atoms with Crippen LogP contribution < -0.4 is 16.0 Å². The van der Waals surface area contributed by atoms with Crippen LogP contribution in [-0.2, 0) is 61.8 Å². The van der Waals surface area contributed by atoms with Crippen molar-refractivity contribution < 1.29 is 138 Å². The Balaban J connectivity index is 1.33. The molecule has 0 saturated carbocycles. The lowest BCUT2D eigenvalue weighted by molar-refractivity contribution is -0.384. The number of aliphatic hydroxyl groups is 15. The van der Waals surface area contributed by atoms with E-state index in [1.165, 1.54) is 103 Å². The summed E-state index contributed by atoms with van der Waals surface area (Å²) in [4.78, 5) is 40.0. The molecule has 5 saturated heterocycles. The fraction of sp³-hybridized carbons (Fsp3) is 0.956. The number of aliphatic hydroxyl groups excluding tert-OH is 15. The van der Waals surface area contributed by atoms with Gasteiger partial charge in [-0.1, -0.05) is 168 Å². The summed E-state index contributed by atoms with van der Waals surface area (Å²) in [6, 6.07) is -4.81. The minimum Gasteiger partial charge on any atom is -0.394 e. The first kappa shape index (κ1) is 87.0. The van der Waals surface area contributed by atoms with E-state index in [1.54, 1.807) is 0 Å². The fourth-order valence-corrected chi connectivity index (χ4v) is 13.5. The van der Waals surface area contributed by atoms with E-state index in [9.17, 15) is 91.0 Å². The maximum absolute atomic E-state index is 13.6. The van der Waals surface area contributed by atoms with Crippen LogP contribution in [0.25, 0.3) is 0 Å². The molecule has 28 atom stereocenters. The summed E-state index contributed by atoms with van der Waals surface area (Å²) in [5, 5.41) is 174. The number of ether oxygens (including phenoxy) is 10. The number of carbonyl (C=O) groups is 3. The molecule has 3 amide bonds. The van der Waals surface area contributed by atoms with Crippen LogP contribution in [0.2, 0.25) is 0 Å². The van der Waals surface area contributed by atoms with Gasteiger partial charge in [0.2, 0.25) is 17.7 Å². The zero-order valence-corrected chi connectivity index (χ0v) is 58.8. The van der Waals surface area contributed by atoms with E-state index in [0.717, 1.165) is 65.2 Å². The molecule has 5 fully saturated rings. The average molecular weight is 1430 g/mol. The Kier molecular flexibility index (Phi) is 40.8. The lowest BCUT2D eigenvalue weighted by Crippen LogP contribution is -2.72. The molecule has 99 heavy (non-hydrogen) atoms. The molecular weight excluding hydrogens is 1310 g/mol. The fourth-order valence-electron chi connectivity index (χ4n) is 13.5. The van der Waals surface area contributed by atoms with E-state index in [2.05, 4.69) is 29.8 Å². The maximum Gasteiger partial charge on any atom is 0.220 e. The molecule has 5 rings (SSSR count). The third-order valence-corrected chi connectivity index (χ3v) is 19.5. The predicted octanol–water partition coefficient (Wildman–Crippen LogP) is -0.806. The quantitative estimate of drug-likeness (QED) is 0.0332. The number of carbonyl (C=O) groups excluding carboxylic acids is 3. The molecule has 0 aromatic rings. The SMILES string of the molecule is CCCCCCCCCCCCCCCC(=O)N[C@@H](CO[C@@H]1O[C@H](CO)[C@@H](O[C@@H]2O[C@H](CO)[C@@H](O)[C@H](O[C@@H]3O[C@H](CO)[C@@H](O[C@@H]4O[C@H](CO)[C@H](O)[C@H](O)[C@H]4O)[C@H](O[C@@H]4O[C@@H](C)[C@@H](O)[C@@H](O)[C@@H]4O)[C@H]3NC(C)=O)[C@H]2NC(C)=O)[C@H](O)[C@H]1O)[C@H](O)[C@H](O)CCCCCCCCCCCCCC. The van der Waals surface area contributed by atoms with Crippen molar-refractivity contribution >= 4 is 17.7 Å². The highest BCUT2D eigenvalue weighted by molar-refractivity contribution is 5.76. The molecule has 5 heterocycles. The van der Waals surface area contributed by atoms with Crippen LogP contribution in [0.1, 0.15) is 208 Å². The number of hydrogen-bond donors (Lipinski definition) is 18. The zero-order valence-electron chi connectivity index (χ0n) is 58.8. The van der Waals surface area contributed by atoms with Gasteiger partial charge < -0.3 is 140 Å². The zero-order chi connectivity index (χ0) is 72.7. The van der Waals surface area contributed by atoms with Crippen LogP contribution in [-0.4, -0.2) is 299 Å². The van der Waals surface area contributed by atoms with E-state index in [-0.39, 0.29) is 12.8 Å². The van der Waals surface area contributed by atoms with Gasteiger partial charge >= 0.3 is 0 Å². The first-order valence-corrected chi connectivity index (χ1v) is 36.7. The van der Waals surface area contributed by atoms with Gasteiger partial charge in [-0.05, 0) is 19.8 Å². The number of amides is 3. The summed E-state index contributed by atoms with van der Waals surface area (Å²) in [5.74, 6) is -2.09. The molecule has 0 unspecified atom stereocenters. The highest BCUT2D eigenvalue weighted by Gasteiger charge is 2.58. The molecule has 31 nitrogen and oxygen atoms in total. The average Bonchev–Trinajstić information content (AvgIpc) is 0.762. The van der Waals surface area contributed by atoms with Crippen LogP contribution in [0.15, 0.2) is 0 Å². The van der Waals surface area contributed by atoms with Gasteiger partial charge in [-0.3, -0.25) is 14.4 Å². The molecule has 18 N–H and O–H groups in total. The molecule has 0 aliphatic carbocycles. The molecule has 0 spiro atoms. The third kappa shape index (κ3) is 27.1. The molecule has 0 radical (unpaired) electrons. The second-order valence-corrected chi connectivity index (χ2v) is 27.6. The van der Waals surface area contributed by atoms with E-state index >= 15 is 0 Å². The van der Waals surface area contributed by atoms with Crippen LogP contribution >= 0.6 is 0 Å². The van der Waals surface area contributed by atoms with Crippen molar-refractivity contribution in [2.24, 2.45) is 0 Å². The number of nitrogens with one attached hydrogen (secondary N) is 3. The molecule has 0 aromatic carbocycles. The highest BCUT2D eigenvalue weighted by Crippen LogP contribution is 2.38. The van der Waals surface area contributed by atoms with Crippen molar-refractivity contribution in [3.05, 3.63) is 0 Å². The summed E-state index contributed by atoms with van der Waals surface area (Å²) in [5.41, 5.74) is 0. The van der Waals surface area contributed by atoms with Crippen LogP contribution in [0.4, 0.5) is 0 Å². The van der Waals surface area contributed by atoms with Gasteiger partial charge in [-0.25, -0.2) is 0 Å². The van der Waals surface area contributed by atoms with Crippen molar-refractivity contribution in [2.75, 3.05) is 33.0 Å². The van der Waals surface area contributed by atoms with Gasteiger partial charge in [0, 0.05) is 20.3 Å². The van der Waals surface area contributed by atoms with Gasteiger partial charge in [0.1, 0.15) is 122 Å². The Morgan fingerprint density at radius 2 is 0.768 bits per heavy atom. The first-order valence-electron chi connectivity index (χ1n) is 36.7. The van der Waals surface area contributed by atoms with Crippen molar-refractivity contribution in [2.45, 2.75) is 380 Å². The van der Waals surface area contributed by atoms with Crippen molar-refractivity contribution in [1.29, 1.82) is 0 Å². The van der Waals surface area contributed by atoms with Gasteiger partial charge in [0.05, 0.1) is 51.3 Å². The van der Waals surface area contributed by atoms with Crippen molar-refractivity contribution in [1.82, 2.24) is 16.0 Å². The lowest BCUT2D eigenvalue weighted by Gasteiger charge is -2.52. The second-order valence-electron chi connectivity index (χ2n) is 27.6. The second kappa shape index (κ2) is 46.4. The minimum absolute atomic E-state index is 0.121. The monoisotopic (exact) mass is 1430 g/mol. The Bertz CT molecular complexity index is 2200. The maximum atomic E-state index is 13.6. The summed E-state index contributed by atoms with van der Waals surface area (Å²) >= 11 is 0. The van der Waals surface area contributed by atoms with Gasteiger partial charge in [-0.15, -0.1) is 0 Å². The number of unbranched alkanes of at least 4 members (excludes halogenated alkanes) is 23. The van der Waals surface area contributed by atoms with Crippen LogP contribution in [0.3, 0.4) is 0 Å². The Hall–Kier alpha value is -2.59. The summed E-state index contributed by atoms with van der Waals surface area (Å²) in [6.07, 6.45) is -17.4. The minimum atomic E-state index is -2.07. The molecule has 31 heteroatoms. The molecule has 580 valence electrons. The Morgan fingerprint density at radius 3 is 1.26 bits per heavy atom. The van der Waals surface area contributed by atoms with Crippen molar-refractivity contribution in [3.8, 4) is 0 Å². The van der Waals surface area contributed by atoms with E-state index in [4.69, 9.17) is 47.4 Å². The molecule has 0 aromatic heterocycles. The smallest absolute Gasteiger partial charge is 0.220 e. The predicted molar refractivity (Wildman–Crippen MR) is 352 cm³/mol. The Morgan fingerprint density at radius 1 is 0.394 bits per heavy atom. The molecule has 5 aliphatic heterocycles. The molecule has 5 aliphatic rings. The van der Waals surface area contributed by atoms with Gasteiger partial charge in [0.25, 0.3) is 0 Å². The topological polar surface area (TPSA) is 483 Å². The van der Waals surface area contributed by atoms with Crippen LogP contribution in [0, 0.1) is 0 Å². The van der Waals surface area contributed by atoms with Crippen molar-refractivity contribution in [3.63, 3.8) is 0 Å². The summed E-state index contributed by atoms with van der Waals surface area (Å²) < 4.78 is 60.7. The highest BCUT2D eigenvalue weighted by atomic mass is 16.8. The first-order chi connectivity index (χ1) is 47.5. The summed E-state index contributed by atoms with van der Waals surface area (Å²) in [6.45, 7) is 3.37. The number of rotatable bonds is 47. The Labute approximate surface area is 582 Å². The van der Waals surface area contributed by atoms with Crippen LogP contribution in [0.5, 0.6) is 0 Å². The third-order valence-electron chi connectivity index (χ3n) is 19.5. The molecule has 0 bridgehead atoms. The number of hydrogen-bond acceptors (Lipinski definition) is 28. The largest absolute Gasteiger partial charge is 0.394 e. The summed E-state index contributed by atoms with van der Waals surface area (Å²) in [7, 11) is 0. The standard InChI is InChI=1S/C68H125N3O28/c1-6-8-10-12-14-16-18-20-22-24-26-28-30-32-47(79)71-41(51(81)42(78)31-29-27-25-23-21-19-17-15-13-11-9-7-2)37-90-66-59(89)56(86)60(45(35-74)95-66)96-64-48(69-39(4)76)62(53(83)44(34-73)92-64)98-65-49(70-40(5)77)63(99-67-57(87)54(84)50(80)38(3)91-67)61(46(36-75)94-65)97-68-58(88)55(85)52(82)43(33-72)93-68/h38,41-46,48-68,72-75,78,80-89H,6-37H2,1-5H3,(H,69,76)(H,70,77)(H,71,79)/t38-,41-,42+,43+,44+,45+,46+,48+,49+,50+,51-,52-,53+,54+,55-,56+,57-,58+,59+,60+,61+,62+,63+,64-,65-,66+,67-,68-/m0/s1. The molecular formula is C68H125N3O28.